The molecule has 10 nitrogen and oxygen atoms in total. The van der Waals surface area contributed by atoms with Crippen LogP contribution in [-0.2, 0) is 29.1 Å². The van der Waals surface area contributed by atoms with E-state index < -0.39 is 11.8 Å². The molecule has 0 unspecified atom stereocenters. The minimum absolute atomic E-state index is 0.0798. The molecule has 44 heavy (non-hydrogen) atoms. The van der Waals surface area contributed by atoms with Gasteiger partial charge in [0.1, 0.15) is 18.2 Å². The van der Waals surface area contributed by atoms with E-state index in [1.165, 1.54) is 25.1 Å². The number of imidazole rings is 1. The third kappa shape index (κ3) is 6.72. The molecule has 0 saturated carbocycles. The van der Waals surface area contributed by atoms with Gasteiger partial charge >= 0.3 is 5.97 Å². The Balaban J connectivity index is 1.44. The third-order valence-electron chi connectivity index (χ3n) is 6.91. The van der Waals surface area contributed by atoms with Crippen molar-refractivity contribution in [3.05, 3.63) is 107 Å². The zero-order chi connectivity index (χ0) is 31.2. The first-order valence-electron chi connectivity index (χ1n) is 13.7. The Hall–Kier alpha value is -5.60. The van der Waals surface area contributed by atoms with Gasteiger partial charge < -0.3 is 24.5 Å². The maximum absolute atomic E-state index is 14.3. The summed E-state index contributed by atoms with van der Waals surface area (Å²) in [4.78, 5) is 33.1. The van der Waals surface area contributed by atoms with Crippen LogP contribution in [0.1, 0.15) is 39.8 Å². The number of aromatic carboxylic acids is 1. The van der Waals surface area contributed by atoms with Crippen LogP contribution in [0.4, 0.5) is 10.1 Å². The summed E-state index contributed by atoms with van der Waals surface area (Å²) in [6, 6.07) is 21.7. The topological polar surface area (TPSA) is 139 Å². The van der Waals surface area contributed by atoms with Crippen LogP contribution in [0.3, 0.4) is 0 Å². The molecule has 0 spiro atoms. The summed E-state index contributed by atoms with van der Waals surface area (Å²) >= 11 is 0. The number of rotatable bonds is 11. The van der Waals surface area contributed by atoms with Crippen molar-refractivity contribution in [3.63, 3.8) is 0 Å². The summed E-state index contributed by atoms with van der Waals surface area (Å²) in [5.41, 5.74) is 4.61. The molecule has 0 aliphatic carbocycles. The molecular weight excluding hydrogens is 565 g/mol. The van der Waals surface area contributed by atoms with Gasteiger partial charge in [0.05, 0.1) is 46.2 Å². The van der Waals surface area contributed by atoms with Crippen LogP contribution in [0.25, 0.3) is 22.3 Å². The molecule has 5 rings (SSSR count). The van der Waals surface area contributed by atoms with E-state index in [2.05, 4.69) is 10.3 Å². The Bertz CT molecular complexity index is 1910. The molecule has 0 atom stereocenters. The van der Waals surface area contributed by atoms with Crippen LogP contribution >= 0.6 is 0 Å². The van der Waals surface area contributed by atoms with Gasteiger partial charge in [-0.15, -0.1) is 0 Å². The molecule has 222 valence electrons. The number of nitrogens with one attached hydrogen (secondary N) is 1. The first-order chi connectivity index (χ1) is 21.2. The molecule has 0 bridgehead atoms. The first kappa shape index (κ1) is 29.9. The molecule has 0 aliphatic heterocycles. The number of carbonyl (C=O) groups is 2. The standard InChI is InChI=1S/C33H28FN5O5/c1-20(40)36-29-15-21(16-31-37-28-11-9-23(33(41)42)17-30(28)39(31)12-13-43-2)7-10-25(29)27-4-3-5-32(38-27)44-19-24-8-6-22(18-35)14-26(24)34/h3-11,14-15,17H,12-13,16,19H2,1-2H3,(H,36,40)(H,41,42). The number of nitrogens with zero attached hydrogens (tertiary/aromatic N) is 4. The van der Waals surface area contributed by atoms with Crippen LogP contribution in [0.15, 0.2) is 72.8 Å². The van der Waals surface area contributed by atoms with E-state index in [-0.39, 0.29) is 35.1 Å². The van der Waals surface area contributed by atoms with E-state index in [4.69, 9.17) is 19.7 Å². The van der Waals surface area contributed by atoms with Crippen molar-refractivity contribution < 1.29 is 28.6 Å². The molecule has 2 aromatic heterocycles. The van der Waals surface area contributed by atoms with Crippen molar-refractivity contribution in [1.29, 1.82) is 5.26 Å². The smallest absolute Gasteiger partial charge is 0.335 e. The van der Waals surface area contributed by atoms with Gasteiger partial charge in [0.25, 0.3) is 0 Å². The second kappa shape index (κ2) is 13.1. The molecule has 0 saturated heterocycles. The maximum atomic E-state index is 14.3. The molecule has 3 aromatic carbocycles. The number of methoxy groups -OCH3 is 1. The zero-order valence-corrected chi connectivity index (χ0v) is 24.0. The third-order valence-corrected chi connectivity index (χ3v) is 6.91. The lowest BCUT2D eigenvalue weighted by atomic mass is 10.0. The average molecular weight is 594 g/mol. The maximum Gasteiger partial charge on any atom is 0.335 e. The van der Waals surface area contributed by atoms with Gasteiger partial charge in [0, 0.05) is 44.2 Å². The number of aromatic nitrogens is 3. The number of amides is 1. The number of nitriles is 1. The number of carboxylic acid groups (broad SMARTS) is 1. The van der Waals surface area contributed by atoms with E-state index in [0.29, 0.717) is 53.4 Å². The Kier molecular flexibility index (Phi) is 8.93. The number of anilines is 1. The van der Waals surface area contributed by atoms with Crippen molar-refractivity contribution in [1.82, 2.24) is 14.5 Å². The highest BCUT2D eigenvalue weighted by Gasteiger charge is 2.16. The van der Waals surface area contributed by atoms with Crippen molar-refractivity contribution >= 4 is 28.6 Å². The minimum atomic E-state index is -1.02. The molecule has 0 aliphatic rings. The summed E-state index contributed by atoms with van der Waals surface area (Å²) in [7, 11) is 1.60. The molecule has 5 aromatic rings. The van der Waals surface area contributed by atoms with Gasteiger partial charge in [-0.05, 0) is 48.0 Å². The molecule has 11 heteroatoms. The second-order valence-electron chi connectivity index (χ2n) is 9.99. The molecule has 0 fully saturated rings. The fraction of sp³-hybridized carbons (Fsp3) is 0.182. The Morgan fingerprint density at radius 2 is 1.91 bits per heavy atom. The van der Waals surface area contributed by atoms with Crippen molar-refractivity contribution in [2.45, 2.75) is 26.5 Å². The second-order valence-corrected chi connectivity index (χ2v) is 9.99. The first-order valence-corrected chi connectivity index (χ1v) is 13.7. The monoisotopic (exact) mass is 593 g/mol. The highest BCUT2D eigenvalue weighted by Crippen LogP contribution is 2.31. The lowest BCUT2D eigenvalue weighted by Gasteiger charge is -2.14. The van der Waals surface area contributed by atoms with Crippen LogP contribution < -0.4 is 10.1 Å². The molecular formula is C33H28FN5O5. The molecule has 2 heterocycles. The number of ether oxygens (including phenoxy) is 2. The van der Waals surface area contributed by atoms with Gasteiger partial charge in [-0.3, -0.25) is 4.79 Å². The predicted octanol–water partition coefficient (Wildman–Crippen LogP) is 5.58. The average Bonchev–Trinajstić information content (AvgIpc) is 3.35. The lowest BCUT2D eigenvalue weighted by Crippen LogP contribution is -2.10. The SMILES string of the molecule is COCCn1c(Cc2ccc(-c3cccc(OCc4ccc(C#N)cc4F)n3)c(NC(C)=O)c2)nc2ccc(C(=O)O)cc21. The molecule has 0 radical (unpaired) electrons. The van der Waals surface area contributed by atoms with E-state index in [1.807, 2.05) is 28.8 Å². The summed E-state index contributed by atoms with van der Waals surface area (Å²) in [6.45, 7) is 2.22. The largest absolute Gasteiger partial charge is 0.478 e. The van der Waals surface area contributed by atoms with E-state index in [1.54, 1.807) is 37.4 Å². The molecule has 2 N–H and O–H groups in total. The predicted molar refractivity (Wildman–Crippen MR) is 161 cm³/mol. The lowest BCUT2D eigenvalue weighted by molar-refractivity contribution is -0.114. The number of benzene rings is 3. The Morgan fingerprint density at radius 3 is 2.64 bits per heavy atom. The molecule has 1 amide bonds. The number of hydrogen-bond acceptors (Lipinski definition) is 7. The van der Waals surface area contributed by atoms with Crippen molar-refractivity contribution in [2.75, 3.05) is 19.0 Å². The summed E-state index contributed by atoms with van der Waals surface area (Å²) in [6.07, 6.45) is 0.403. The van der Waals surface area contributed by atoms with Gasteiger partial charge in [0.15, 0.2) is 0 Å². The highest BCUT2D eigenvalue weighted by molar-refractivity contribution is 5.94. The van der Waals surface area contributed by atoms with Crippen LogP contribution in [0.5, 0.6) is 5.88 Å². The van der Waals surface area contributed by atoms with Crippen molar-refractivity contribution in [3.8, 4) is 23.2 Å². The van der Waals surface area contributed by atoms with Crippen LogP contribution in [0.2, 0.25) is 0 Å². The van der Waals surface area contributed by atoms with Crippen LogP contribution in [-0.4, -0.2) is 45.2 Å². The summed E-state index contributed by atoms with van der Waals surface area (Å²) < 4.78 is 27.3. The fourth-order valence-electron chi connectivity index (χ4n) is 4.80. The normalized spacial score (nSPS) is 10.9. The Labute approximate surface area is 252 Å². The quantitative estimate of drug-likeness (QED) is 0.202. The number of carboxylic acids is 1. The highest BCUT2D eigenvalue weighted by atomic mass is 19.1. The number of fused-ring (bicyclic) bond motifs is 1. The van der Waals surface area contributed by atoms with Gasteiger partial charge in [-0.2, -0.15) is 5.26 Å². The van der Waals surface area contributed by atoms with Gasteiger partial charge in [-0.25, -0.2) is 19.2 Å². The summed E-state index contributed by atoms with van der Waals surface area (Å²) in [5.74, 6) is -0.850. The van der Waals surface area contributed by atoms with E-state index in [9.17, 15) is 19.1 Å². The minimum Gasteiger partial charge on any atom is -0.478 e. The number of halogens is 1. The zero-order valence-electron chi connectivity index (χ0n) is 24.0. The van der Waals surface area contributed by atoms with Crippen LogP contribution in [0, 0.1) is 17.1 Å². The number of carbonyl (C=O) groups excluding carboxylic acids is 1. The van der Waals surface area contributed by atoms with E-state index in [0.717, 1.165) is 11.6 Å². The van der Waals surface area contributed by atoms with Gasteiger partial charge in [0.2, 0.25) is 11.8 Å². The number of pyridine rings is 1. The number of hydrogen-bond donors (Lipinski definition) is 2. The fourth-order valence-corrected chi connectivity index (χ4v) is 4.80. The Morgan fingerprint density at radius 1 is 1.07 bits per heavy atom. The summed E-state index contributed by atoms with van der Waals surface area (Å²) in [5, 5.41) is 21.3. The van der Waals surface area contributed by atoms with Crippen molar-refractivity contribution in [2.24, 2.45) is 0 Å². The van der Waals surface area contributed by atoms with Gasteiger partial charge in [-0.1, -0.05) is 24.3 Å². The van der Waals surface area contributed by atoms with E-state index >= 15 is 0 Å².